The Morgan fingerprint density at radius 2 is 2.00 bits per heavy atom. The van der Waals surface area contributed by atoms with E-state index >= 15 is 0 Å². The highest BCUT2D eigenvalue weighted by molar-refractivity contribution is 5.31. The van der Waals surface area contributed by atoms with E-state index in [0.717, 1.165) is 12.8 Å². The zero-order valence-electron chi connectivity index (χ0n) is 10.2. The molecular weight excluding hydrogens is 205 g/mol. The van der Waals surface area contributed by atoms with Gasteiger partial charge in [-0.1, -0.05) is 13.8 Å². The monoisotopic (exact) mass is 225 g/mol. The van der Waals surface area contributed by atoms with Gasteiger partial charge in [0.25, 0.3) is 0 Å². The van der Waals surface area contributed by atoms with Crippen molar-refractivity contribution in [3.8, 4) is 5.75 Å². The second-order valence-electron chi connectivity index (χ2n) is 4.47. The Labute approximate surface area is 96.6 Å². The summed E-state index contributed by atoms with van der Waals surface area (Å²) in [5.74, 6) is 0.980. The number of benzene rings is 1. The Morgan fingerprint density at radius 3 is 2.56 bits per heavy atom. The minimum atomic E-state index is -0.253. The number of rotatable bonds is 5. The molecule has 1 aromatic carbocycles. The number of halogens is 1. The van der Waals surface area contributed by atoms with E-state index in [0.29, 0.717) is 17.2 Å². The zero-order chi connectivity index (χ0) is 12.1. The summed E-state index contributed by atoms with van der Waals surface area (Å²) in [4.78, 5) is 0. The molecule has 0 bridgehead atoms. The number of ether oxygens (including phenoxy) is 1. The molecule has 1 aromatic rings. The van der Waals surface area contributed by atoms with Crippen LogP contribution in [-0.2, 0) is 0 Å². The highest BCUT2D eigenvalue weighted by Gasteiger charge is 2.13. The SMILES string of the molecule is COc1ccc(F)c([C@@H](N)CCC(C)C)c1. The average Bonchev–Trinajstić information content (AvgIpc) is 2.26. The van der Waals surface area contributed by atoms with Crippen LogP contribution in [0, 0.1) is 11.7 Å². The third-order valence-electron chi connectivity index (χ3n) is 2.66. The first kappa shape index (κ1) is 13.0. The van der Waals surface area contributed by atoms with Crippen molar-refractivity contribution in [2.45, 2.75) is 32.7 Å². The Kier molecular flexibility index (Phi) is 4.74. The van der Waals surface area contributed by atoms with E-state index in [-0.39, 0.29) is 11.9 Å². The minimum Gasteiger partial charge on any atom is -0.497 e. The van der Waals surface area contributed by atoms with Crippen LogP contribution in [0.4, 0.5) is 4.39 Å². The smallest absolute Gasteiger partial charge is 0.128 e. The molecule has 2 N–H and O–H groups in total. The van der Waals surface area contributed by atoms with Crippen molar-refractivity contribution >= 4 is 0 Å². The van der Waals surface area contributed by atoms with Crippen LogP contribution in [0.1, 0.15) is 38.3 Å². The molecule has 0 saturated carbocycles. The summed E-state index contributed by atoms with van der Waals surface area (Å²) in [7, 11) is 1.57. The average molecular weight is 225 g/mol. The van der Waals surface area contributed by atoms with Gasteiger partial charge < -0.3 is 10.5 Å². The van der Waals surface area contributed by atoms with Crippen LogP contribution in [0.3, 0.4) is 0 Å². The second-order valence-corrected chi connectivity index (χ2v) is 4.47. The maximum atomic E-state index is 13.5. The first-order valence-electron chi connectivity index (χ1n) is 5.63. The Hall–Kier alpha value is -1.09. The van der Waals surface area contributed by atoms with E-state index in [1.807, 2.05) is 0 Å². The fraction of sp³-hybridized carbons (Fsp3) is 0.538. The van der Waals surface area contributed by atoms with Gasteiger partial charge in [-0.05, 0) is 37.0 Å². The lowest BCUT2D eigenvalue weighted by atomic mass is 9.98. The lowest BCUT2D eigenvalue weighted by molar-refractivity contribution is 0.410. The molecule has 90 valence electrons. The molecule has 0 radical (unpaired) electrons. The molecule has 0 aliphatic heterocycles. The molecule has 2 nitrogen and oxygen atoms in total. The molecule has 0 aromatic heterocycles. The molecule has 0 heterocycles. The van der Waals surface area contributed by atoms with Crippen LogP contribution in [-0.4, -0.2) is 7.11 Å². The summed E-state index contributed by atoms with van der Waals surface area (Å²) in [5.41, 5.74) is 6.51. The maximum absolute atomic E-state index is 13.5. The molecule has 0 unspecified atom stereocenters. The fourth-order valence-electron chi connectivity index (χ4n) is 1.60. The highest BCUT2D eigenvalue weighted by atomic mass is 19.1. The van der Waals surface area contributed by atoms with E-state index in [2.05, 4.69) is 13.8 Å². The summed E-state index contributed by atoms with van der Waals surface area (Å²) in [6.07, 6.45) is 1.79. The van der Waals surface area contributed by atoms with Crippen molar-refractivity contribution in [2.75, 3.05) is 7.11 Å². The molecule has 3 heteroatoms. The van der Waals surface area contributed by atoms with Gasteiger partial charge in [-0.25, -0.2) is 4.39 Å². The first-order valence-corrected chi connectivity index (χ1v) is 5.63. The summed E-state index contributed by atoms with van der Waals surface area (Å²) < 4.78 is 18.6. The quantitative estimate of drug-likeness (QED) is 0.834. The van der Waals surface area contributed by atoms with Gasteiger partial charge in [0.05, 0.1) is 7.11 Å². The minimum absolute atomic E-state index is 0.252. The number of nitrogens with two attached hydrogens (primary N) is 1. The third-order valence-corrected chi connectivity index (χ3v) is 2.66. The van der Waals surface area contributed by atoms with Crippen molar-refractivity contribution in [1.29, 1.82) is 0 Å². The maximum Gasteiger partial charge on any atom is 0.128 e. The van der Waals surface area contributed by atoms with Crippen molar-refractivity contribution in [1.82, 2.24) is 0 Å². The predicted molar refractivity (Wildman–Crippen MR) is 64.0 cm³/mol. The predicted octanol–water partition coefficient (Wildman–Crippen LogP) is 3.27. The molecule has 0 aliphatic rings. The number of methoxy groups -OCH3 is 1. The van der Waals surface area contributed by atoms with Gasteiger partial charge >= 0.3 is 0 Å². The molecule has 16 heavy (non-hydrogen) atoms. The van der Waals surface area contributed by atoms with Gasteiger partial charge in [0, 0.05) is 11.6 Å². The van der Waals surface area contributed by atoms with Crippen LogP contribution >= 0.6 is 0 Å². The summed E-state index contributed by atoms with van der Waals surface area (Å²) in [6, 6.07) is 4.44. The summed E-state index contributed by atoms with van der Waals surface area (Å²) in [5, 5.41) is 0. The van der Waals surface area contributed by atoms with Gasteiger partial charge in [-0.15, -0.1) is 0 Å². The van der Waals surface area contributed by atoms with E-state index < -0.39 is 0 Å². The molecule has 0 saturated heterocycles. The van der Waals surface area contributed by atoms with Crippen LogP contribution in [0.25, 0.3) is 0 Å². The lowest BCUT2D eigenvalue weighted by Crippen LogP contribution is -2.13. The Bertz CT molecular complexity index is 339. The zero-order valence-corrected chi connectivity index (χ0v) is 10.2. The normalized spacial score (nSPS) is 12.9. The molecule has 0 spiro atoms. The van der Waals surface area contributed by atoms with Gasteiger partial charge in [-0.3, -0.25) is 0 Å². The number of hydrogen-bond donors (Lipinski definition) is 1. The van der Waals surface area contributed by atoms with Crippen molar-refractivity contribution in [3.63, 3.8) is 0 Å². The van der Waals surface area contributed by atoms with E-state index in [1.54, 1.807) is 19.2 Å². The molecule has 0 aliphatic carbocycles. The highest BCUT2D eigenvalue weighted by Crippen LogP contribution is 2.25. The van der Waals surface area contributed by atoms with Gasteiger partial charge in [-0.2, -0.15) is 0 Å². The molecule has 1 atom stereocenters. The molecule has 0 fully saturated rings. The van der Waals surface area contributed by atoms with Crippen LogP contribution in [0.2, 0.25) is 0 Å². The van der Waals surface area contributed by atoms with E-state index in [4.69, 9.17) is 10.5 Å². The standard InChI is InChI=1S/C13H20FNO/c1-9(2)4-7-13(15)11-8-10(16-3)5-6-12(11)14/h5-6,8-9,13H,4,7,15H2,1-3H3/t13-/m0/s1. The lowest BCUT2D eigenvalue weighted by Gasteiger charge is -2.15. The van der Waals surface area contributed by atoms with Gasteiger partial charge in [0.2, 0.25) is 0 Å². The van der Waals surface area contributed by atoms with Crippen LogP contribution in [0.15, 0.2) is 18.2 Å². The van der Waals surface area contributed by atoms with Crippen LogP contribution < -0.4 is 10.5 Å². The van der Waals surface area contributed by atoms with Gasteiger partial charge in [0.1, 0.15) is 11.6 Å². The summed E-state index contributed by atoms with van der Waals surface area (Å²) >= 11 is 0. The topological polar surface area (TPSA) is 35.2 Å². The third kappa shape index (κ3) is 3.49. The van der Waals surface area contributed by atoms with Gasteiger partial charge in [0.15, 0.2) is 0 Å². The van der Waals surface area contributed by atoms with Crippen molar-refractivity contribution in [2.24, 2.45) is 11.7 Å². The number of hydrogen-bond acceptors (Lipinski definition) is 2. The van der Waals surface area contributed by atoms with E-state index in [9.17, 15) is 4.39 Å². The largest absolute Gasteiger partial charge is 0.497 e. The Balaban J connectivity index is 2.76. The molecule has 0 amide bonds. The Morgan fingerprint density at radius 1 is 1.31 bits per heavy atom. The summed E-state index contributed by atoms with van der Waals surface area (Å²) in [6.45, 7) is 4.27. The van der Waals surface area contributed by atoms with E-state index in [1.165, 1.54) is 6.07 Å². The van der Waals surface area contributed by atoms with Crippen molar-refractivity contribution < 1.29 is 9.13 Å². The first-order chi connectivity index (χ1) is 7.54. The molecular formula is C13H20FNO. The van der Waals surface area contributed by atoms with Crippen LogP contribution in [0.5, 0.6) is 5.75 Å². The second kappa shape index (κ2) is 5.85. The molecule has 1 rings (SSSR count). The van der Waals surface area contributed by atoms with Crippen molar-refractivity contribution in [3.05, 3.63) is 29.6 Å². The fourth-order valence-corrected chi connectivity index (χ4v) is 1.60.